The Kier molecular flexibility index (Phi) is 4.14. The molecule has 1 aromatic heterocycles. The quantitative estimate of drug-likeness (QED) is 0.939. The molecule has 6 nitrogen and oxygen atoms in total. The summed E-state index contributed by atoms with van der Waals surface area (Å²) in [6.07, 6.45) is 2.83. The first-order chi connectivity index (χ1) is 11.1. The summed E-state index contributed by atoms with van der Waals surface area (Å²) in [4.78, 5) is 30.1. The van der Waals surface area contributed by atoms with Gasteiger partial charge in [0.15, 0.2) is 5.75 Å². The average Bonchev–Trinajstić information content (AvgIpc) is 2.60. The van der Waals surface area contributed by atoms with Crippen LogP contribution in [0.2, 0.25) is 0 Å². The highest BCUT2D eigenvalue weighted by Crippen LogP contribution is 2.29. The van der Waals surface area contributed by atoms with Crippen LogP contribution in [0.1, 0.15) is 23.2 Å². The van der Waals surface area contributed by atoms with Crippen molar-refractivity contribution in [3.8, 4) is 5.75 Å². The number of para-hydroxylation sites is 1. The third-order valence-electron chi connectivity index (χ3n) is 4.23. The number of likely N-dealkylation sites (tertiary alicyclic amines) is 1. The largest absolute Gasteiger partial charge is 0.494 e. The highest BCUT2D eigenvalue weighted by Gasteiger charge is 2.30. The highest BCUT2D eigenvalue weighted by atomic mass is 16.5. The first-order valence-electron chi connectivity index (χ1n) is 7.55. The van der Waals surface area contributed by atoms with E-state index in [1.54, 1.807) is 4.90 Å². The average molecular weight is 314 g/mol. The maximum absolute atomic E-state index is 13.0. The number of benzene rings is 1. The van der Waals surface area contributed by atoms with Gasteiger partial charge in [0.2, 0.25) is 0 Å². The molecule has 1 atom stereocenters. The molecule has 1 N–H and O–H groups in total. The Hall–Kier alpha value is -2.63. The van der Waals surface area contributed by atoms with E-state index in [0.29, 0.717) is 41.6 Å². The zero-order valence-electron chi connectivity index (χ0n) is 12.9. The molecule has 1 fully saturated rings. The number of hydrogen-bond acceptors (Lipinski definition) is 4. The van der Waals surface area contributed by atoms with E-state index in [1.807, 2.05) is 24.3 Å². The second-order valence-electron chi connectivity index (χ2n) is 5.65. The van der Waals surface area contributed by atoms with Crippen molar-refractivity contribution in [2.45, 2.75) is 12.8 Å². The van der Waals surface area contributed by atoms with Crippen LogP contribution in [0.4, 0.5) is 0 Å². The van der Waals surface area contributed by atoms with Crippen LogP contribution in [0.25, 0.3) is 10.9 Å². The van der Waals surface area contributed by atoms with Gasteiger partial charge in [-0.15, -0.1) is 0 Å². The predicted octanol–water partition coefficient (Wildman–Crippen LogP) is 2.18. The van der Waals surface area contributed by atoms with Crippen molar-refractivity contribution in [1.29, 1.82) is 0 Å². The predicted molar refractivity (Wildman–Crippen MR) is 84.6 cm³/mol. The number of carbonyl (C=O) groups excluding carboxylic acids is 1. The molecule has 23 heavy (non-hydrogen) atoms. The van der Waals surface area contributed by atoms with Crippen LogP contribution in [0.5, 0.6) is 5.75 Å². The zero-order chi connectivity index (χ0) is 16.4. The number of piperidine rings is 1. The fourth-order valence-electron chi connectivity index (χ4n) is 3.02. The van der Waals surface area contributed by atoms with Crippen molar-refractivity contribution in [2.24, 2.45) is 5.92 Å². The summed E-state index contributed by atoms with van der Waals surface area (Å²) >= 11 is 0. The molecule has 0 spiro atoms. The lowest BCUT2D eigenvalue weighted by Gasteiger charge is -2.31. The number of methoxy groups -OCH3 is 1. The SMILES string of the molecule is COc1cnc2ccccc2c1C(=O)N1CCCC(C(=O)O)C1. The summed E-state index contributed by atoms with van der Waals surface area (Å²) in [6, 6.07) is 7.37. The van der Waals surface area contributed by atoms with E-state index in [-0.39, 0.29) is 12.5 Å². The Bertz CT molecular complexity index is 759. The minimum atomic E-state index is -0.853. The molecule has 1 aromatic carbocycles. The molecule has 2 aromatic rings. The van der Waals surface area contributed by atoms with Gasteiger partial charge in [-0.25, -0.2) is 0 Å². The summed E-state index contributed by atoms with van der Waals surface area (Å²) in [5.74, 6) is -1.15. The fraction of sp³-hybridized carbons (Fsp3) is 0.353. The molecule has 0 aliphatic carbocycles. The summed E-state index contributed by atoms with van der Waals surface area (Å²) in [7, 11) is 1.50. The normalized spacial score (nSPS) is 18.0. The van der Waals surface area contributed by atoms with E-state index in [4.69, 9.17) is 4.74 Å². The number of nitrogens with zero attached hydrogens (tertiary/aromatic N) is 2. The van der Waals surface area contributed by atoms with Gasteiger partial charge in [-0.2, -0.15) is 0 Å². The van der Waals surface area contributed by atoms with Gasteiger partial charge in [-0.05, 0) is 18.9 Å². The molecule has 0 radical (unpaired) electrons. The van der Waals surface area contributed by atoms with Gasteiger partial charge in [0, 0.05) is 18.5 Å². The number of amides is 1. The number of aromatic nitrogens is 1. The molecular formula is C17H18N2O4. The maximum Gasteiger partial charge on any atom is 0.308 e. The van der Waals surface area contributed by atoms with Crippen molar-refractivity contribution < 1.29 is 19.4 Å². The molecule has 1 amide bonds. The first-order valence-corrected chi connectivity index (χ1v) is 7.55. The van der Waals surface area contributed by atoms with E-state index >= 15 is 0 Å². The van der Waals surface area contributed by atoms with E-state index < -0.39 is 11.9 Å². The van der Waals surface area contributed by atoms with E-state index in [2.05, 4.69) is 4.98 Å². The minimum absolute atomic E-state index is 0.202. The van der Waals surface area contributed by atoms with Crippen LogP contribution in [0, 0.1) is 5.92 Å². The van der Waals surface area contributed by atoms with Crippen LogP contribution >= 0.6 is 0 Å². The molecule has 1 aliphatic rings. The Morgan fingerprint density at radius 2 is 2.13 bits per heavy atom. The standard InChI is InChI=1S/C17H18N2O4/c1-23-14-9-18-13-7-3-2-6-12(13)15(14)16(20)19-8-4-5-11(10-19)17(21)22/h2-3,6-7,9,11H,4-5,8,10H2,1H3,(H,21,22). The third kappa shape index (κ3) is 2.84. The topological polar surface area (TPSA) is 79.7 Å². The van der Waals surface area contributed by atoms with Crippen LogP contribution in [0.3, 0.4) is 0 Å². The van der Waals surface area contributed by atoms with Gasteiger partial charge in [-0.3, -0.25) is 14.6 Å². The summed E-state index contributed by atoms with van der Waals surface area (Å²) in [5.41, 5.74) is 1.16. The number of aliphatic carboxylic acids is 1. The molecule has 3 rings (SSSR count). The third-order valence-corrected chi connectivity index (χ3v) is 4.23. The van der Waals surface area contributed by atoms with Gasteiger partial charge in [0.25, 0.3) is 5.91 Å². The molecule has 0 bridgehead atoms. The lowest BCUT2D eigenvalue weighted by atomic mass is 9.97. The number of fused-ring (bicyclic) bond motifs is 1. The Balaban J connectivity index is 2.01. The van der Waals surface area contributed by atoms with Gasteiger partial charge >= 0.3 is 5.97 Å². The number of carbonyl (C=O) groups is 2. The molecular weight excluding hydrogens is 296 g/mol. The molecule has 2 heterocycles. The fourth-order valence-corrected chi connectivity index (χ4v) is 3.02. The van der Waals surface area contributed by atoms with Crippen LogP contribution < -0.4 is 4.74 Å². The second-order valence-corrected chi connectivity index (χ2v) is 5.65. The van der Waals surface area contributed by atoms with Crippen molar-refractivity contribution in [3.63, 3.8) is 0 Å². The Morgan fingerprint density at radius 3 is 2.87 bits per heavy atom. The highest BCUT2D eigenvalue weighted by molar-refractivity contribution is 6.08. The van der Waals surface area contributed by atoms with Gasteiger partial charge < -0.3 is 14.7 Å². The number of ether oxygens (including phenoxy) is 1. The smallest absolute Gasteiger partial charge is 0.308 e. The number of hydrogen-bond donors (Lipinski definition) is 1. The molecule has 1 saturated heterocycles. The number of carboxylic acids is 1. The van der Waals surface area contributed by atoms with Gasteiger partial charge in [-0.1, -0.05) is 18.2 Å². The van der Waals surface area contributed by atoms with Crippen molar-refractivity contribution in [3.05, 3.63) is 36.0 Å². The summed E-state index contributed by atoms with van der Waals surface area (Å²) < 4.78 is 5.31. The lowest BCUT2D eigenvalue weighted by Crippen LogP contribution is -2.42. The van der Waals surface area contributed by atoms with Crippen molar-refractivity contribution >= 4 is 22.8 Å². The molecule has 1 aliphatic heterocycles. The molecule has 6 heteroatoms. The second kappa shape index (κ2) is 6.24. The van der Waals surface area contributed by atoms with Gasteiger partial charge in [0.1, 0.15) is 0 Å². The summed E-state index contributed by atoms with van der Waals surface area (Å²) in [5, 5.41) is 9.93. The van der Waals surface area contributed by atoms with E-state index in [0.717, 1.165) is 0 Å². The Labute approximate surface area is 133 Å². The molecule has 120 valence electrons. The van der Waals surface area contributed by atoms with Gasteiger partial charge in [0.05, 0.1) is 30.3 Å². The van der Waals surface area contributed by atoms with E-state index in [1.165, 1.54) is 13.3 Å². The minimum Gasteiger partial charge on any atom is -0.494 e. The summed E-state index contributed by atoms with van der Waals surface area (Å²) in [6.45, 7) is 0.788. The van der Waals surface area contributed by atoms with Crippen LogP contribution in [-0.4, -0.2) is 47.1 Å². The van der Waals surface area contributed by atoms with Crippen LogP contribution in [-0.2, 0) is 4.79 Å². The number of pyridine rings is 1. The first kappa shape index (κ1) is 15.3. The van der Waals surface area contributed by atoms with Crippen molar-refractivity contribution in [2.75, 3.05) is 20.2 Å². The maximum atomic E-state index is 13.0. The lowest BCUT2D eigenvalue weighted by molar-refractivity contribution is -0.143. The molecule has 1 unspecified atom stereocenters. The van der Waals surface area contributed by atoms with Crippen LogP contribution in [0.15, 0.2) is 30.5 Å². The Morgan fingerprint density at radius 1 is 1.35 bits per heavy atom. The zero-order valence-corrected chi connectivity index (χ0v) is 12.9. The monoisotopic (exact) mass is 314 g/mol. The van der Waals surface area contributed by atoms with E-state index in [9.17, 15) is 14.7 Å². The number of carboxylic acid groups (broad SMARTS) is 1. The van der Waals surface area contributed by atoms with Crippen molar-refractivity contribution in [1.82, 2.24) is 9.88 Å². The number of rotatable bonds is 3. The molecule has 0 saturated carbocycles.